The van der Waals surface area contributed by atoms with Gasteiger partial charge in [-0.3, -0.25) is 9.78 Å². The first-order valence-corrected chi connectivity index (χ1v) is 7.73. The largest absolute Gasteiger partial charge is 0.479 e. The predicted octanol–water partition coefficient (Wildman–Crippen LogP) is 2.67. The minimum atomic E-state index is -0.0953. The molecule has 1 aliphatic rings. The van der Waals surface area contributed by atoms with E-state index in [4.69, 9.17) is 10.5 Å². The van der Waals surface area contributed by atoms with E-state index >= 15 is 0 Å². The fourth-order valence-corrected chi connectivity index (χ4v) is 3.27. The summed E-state index contributed by atoms with van der Waals surface area (Å²) in [6.07, 6.45) is 4.88. The van der Waals surface area contributed by atoms with Gasteiger partial charge in [0.15, 0.2) is 5.88 Å². The van der Waals surface area contributed by atoms with Gasteiger partial charge >= 0.3 is 0 Å². The highest BCUT2D eigenvalue weighted by molar-refractivity contribution is 5.82. The number of hydrogen-bond donors (Lipinski definition) is 2. The number of pyridine rings is 1. The second kappa shape index (κ2) is 6.31. The van der Waals surface area contributed by atoms with E-state index in [1.807, 2.05) is 30.3 Å². The maximum absolute atomic E-state index is 12.0. The van der Waals surface area contributed by atoms with Gasteiger partial charge in [0.1, 0.15) is 0 Å². The maximum atomic E-state index is 12.0. The molecule has 112 valence electrons. The molecule has 0 bridgehead atoms. The maximum Gasteiger partial charge on any atom is 0.258 e. The molecule has 1 fully saturated rings. The minimum Gasteiger partial charge on any atom is -0.479 e. The molecule has 3 rings (SSSR count). The molecular formula is C17H22N2O2. The van der Waals surface area contributed by atoms with Crippen molar-refractivity contribution in [1.82, 2.24) is 4.98 Å². The number of ether oxygens (including phenoxy) is 1. The van der Waals surface area contributed by atoms with Gasteiger partial charge in [0, 0.05) is 11.5 Å². The molecule has 0 amide bonds. The molecule has 1 aliphatic carbocycles. The van der Waals surface area contributed by atoms with Crippen LogP contribution in [0.25, 0.3) is 10.8 Å². The Bertz CT molecular complexity index is 665. The summed E-state index contributed by atoms with van der Waals surface area (Å²) in [5, 5.41) is 1.61. The van der Waals surface area contributed by atoms with Gasteiger partial charge in [-0.2, -0.15) is 0 Å². The second-order valence-electron chi connectivity index (χ2n) is 5.90. The fourth-order valence-electron chi connectivity index (χ4n) is 3.27. The van der Waals surface area contributed by atoms with Gasteiger partial charge in [0.05, 0.1) is 6.61 Å². The van der Waals surface area contributed by atoms with Gasteiger partial charge < -0.3 is 10.5 Å². The van der Waals surface area contributed by atoms with Crippen molar-refractivity contribution < 1.29 is 4.74 Å². The lowest BCUT2D eigenvalue weighted by Gasteiger charge is -2.30. The monoisotopic (exact) mass is 286 g/mol. The van der Waals surface area contributed by atoms with Crippen LogP contribution in [-0.4, -0.2) is 18.1 Å². The molecule has 1 aromatic heterocycles. The summed E-state index contributed by atoms with van der Waals surface area (Å²) in [5.74, 6) is 1.60. The molecule has 4 heteroatoms. The normalized spacial score (nSPS) is 22.3. The van der Waals surface area contributed by atoms with Crippen molar-refractivity contribution in [3.05, 3.63) is 40.7 Å². The van der Waals surface area contributed by atoms with Crippen molar-refractivity contribution in [2.75, 3.05) is 13.2 Å². The Labute approximate surface area is 124 Å². The molecule has 2 aromatic rings. The highest BCUT2D eigenvalue weighted by Crippen LogP contribution is 2.29. The Morgan fingerprint density at radius 1 is 1.19 bits per heavy atom. The van der Waals surface area contributed by atoms with Crippen LogP contribution in [0, 0.1) is 11.8 Å². The minimum absolute atomic E-state index is 0.0953. The number of rotatable bonds is 4. The zero-order chi connectivity index (χ0) is 14.7. The molecule has 1 aromatic carbocycles. The van der Waals surface area contributed by atoms with Crippen LogP contribution < -0.4 is 16.0 Å². The number of nitrogens with two attached hydrogens (primary N) is 1. The lowest BCUT2D eigenvalue weighted by Crippen LogP contribution is -2.31. The number of aromatic nitrogens is 1. The van der Waals surface area contributed by atoms with E-state index in [0.29, 0.717) is 29.7 Å². The molecule has 0 aliphatic heterocycles. The van der Waals surface area contributed by atoms with E-state index in [2.05, 4.69) is 4.98 Å². The quantitative estimate of drug-likeness (QED) is 0.908. The van der Waals surface area contributed by atoms with Crippen LogP contribution in [0.1, 0.15) is 25.7 Å². The zero-order valence-corrected chi connectivity index (χ0v) is 12.2. The van der Waals surface area contributed by atoms with Crippen LogP contribution in [0.3, 0.4) is 0 Å². The Balaban J connectivity index is 1.74. The molecule has 4 nitrogen and oxygen atoms in total. The van der Waals surface area contributed by atoms with E-state index in [-0.39, 0.29) is 5.56 Å². The van der Waals surface area contributed by atoms with Crippen LogP contribution in [0.2, 0.25) is 0 Å². The van der Waals surface area contributed by atoms with Crippen LogP contribution >= 0.6 is 0 Å². The van der Waals surface area contributed by atoms with Gasteiger partial charge in [0.2, 0.25) is 0 Å². The number of hydrogen-bond acceptors (Lipinski definition) is 3. The van der Waals surface area contributed by atoms with Crippen molar-refractivity contribution in [3.63, 3.8) is 0 Å². The van der Waals surface area contributed by atoms with Gasteiger partial charge in [0.25, 0.3) is 5.56 Å². The van der Waals surface area contributed by atoms with Crippen LogP contribution in [-0.2, 0) is 0 Å². The Kier molecular flexibility index (Phi) is 4.25. The first-order valence-electron chi connectivity index (χ1n) is 7.73. The zero-order valence-electron chi connectivity index (χ0n) is 12.2. The summed E-state index contributed by atoms with van der Waals surface area (Å²) in [5.41, 5.74) is 5.75. The van der Waals surface area contributed by atoms with E-state index in [1.165, 1.54) is 25.7 Å². The summed E-state index contributed by atoms with van der Waals surface area (Å²) in [6, 6.07) is 9.45. The third-order valence-corrected chi connectivity index (χ3v) is 4.55. The third kappa shape index (κ3) is 3.10. The Hall–Kier alpha value is -1.81. The van der Waals surface area contributed by atoms with Crippen molar-refractivity contribution >= 4 is 10.8 Å². The summed E-state index contributed by atoms with van der Waals surface area (Å²) >= 11 is 0. The Morgan fingerprint density at radius 3 is 2.76 bits per heavy atom. The van der Waals surface area contributed by atoms with E-state index in [1.54, 1.807) is 0 Å². The summed E-state index contributed by atoms with van der Waals surface area (Å²) in [6.45, 7) is 1.36. The second-order valence-corrected chi connectivity index (χ2v) is 5.90. The molecule has 2 unspecified atom stereocenters. The number of fused-ring (bicyclic) bond motifs is 1. The molecule has 2 atom stereocenters. The molecule has 21 heavy (non-hydrogen) atoms. The average molecular weight is 286 g/mol. The standard InChI is InChI=1S/C17H22N2O2/c18-10-13-6-1-2-7-14(13)11-21-16-9-12-5-3-4-8-15(12)17(20)19-16/h3-5,8-9,13-14H,1-2,6-7,10-11,18H2,(H,19,20). The molecule has 1 saturated carbocycles. The summed E-state index contributed by atoms with van der Waals surface area (Å²) in [7, 11) is 0. The summed E-state index contributed by atoms with van der Waals surface area (Å²) in [4.78, 5) is 14.8. The third-order valence-electron chi connectivity index (χ3n) is 4.55. The molecular weight excluding hydrogens is 264 g/mol. The molecule has 0 saturated heterocycles. The average Bonchev–Trinajstić information content (AvgIpc) is 2.53. The lowest BCUT2D eigenvalue weighted by molar-refractivity contribution is 0.149. The van der Waals surface area contributed by atoms with Crippen molar-refractivity contribution in [3.8, 4) is 5.88 Å². The van der Waals surface area contributed by atoms with Crippen molar-refractivity contribution in [2.24, 2.45) is 17.6 Å². The number of benzene rings is 1. The molecule has 3 N–H and O–H groups in total. The molecule has 1 heterocycles. The fraction of sp³-hybridized carbons (Fsp3) is 0.471. The predicted molar refractivity (Wildman–Crippen MR) is 84.6 cm³/mol. The van der Waals surface area contributed by atoms with Crippen molar-refractivity contribution in [2.45, 2.75) is 25.7 Å². The molecule has 0 radical (unpaired) electrons. The smallest absolute Gasteiger partial charge is 0.258 e. The van der Waals surface area contributed by atoms with Gasteiger partial charge in [-0.15, -0.1) is 0 Å². The highest BCUT2D eigenvalue weighted by Gasteiger charge is 2.24. The first-order chi connectivity index (χ1) is 10.3. The van der Waals surface area contributed by atoms with E-state index in [9.17, 15) is 4.79 Å². The number of nitrogens with one attached hydrogen (secondary N) is 1. The highest BCUT2D eigenvalue weighted by atomic mass is 16.5. The van der Waals surface area contributed by atoms with Gasteiger partial charge in [-0.1, -0.05) is 31.0 Å². The molecule has 0 spiro atoms. The van der Waals surface area contributed by atoms with E-state index in [0.717, 1.165) is 11.9 Å². The van der Waals surface area contributed by atoms with Crippen molar-refractivity contribution in [1.29, 1.82) is 0 Å². The van der Waals surface area contributed by atoms with Gasteiger partial charge in [-0.25, -0.2) is 0 Å². The van der Waals surface area contributed by atoms with Crippen LogP contribution in [0.5, 0.6) is 5.88 Å². The van der Waals surface area contributed by atoms with Crippen LogP contribution in [0.15, 0.2) is 35.1 Å². The Morgan fingerprint density at radius 2 is 1.95 bits per heavy atom. The van der Waals surface area contributed by atoms with Gasteiger partial charge in [-0.05, 0) is 42.7 Å². The number of H-pyrrole nitrogens is 1. The number of aromatic amines is 1. The van der Waals surface area contributed by atoms with E-state index < -0.39 is 0 Å². The van der Waals surface area contributed by atoms with Crippen LogP contribution in [0.4, 0.5) is 0 Å². The lowest BCUT2D eigenvalue weighted by atomic mass is 9.80. The summed E-state index contributed by atoms with van der Waals surface area (Å²) < 4.78 is 5.86. The first kappa shape index (κ1) is 14.1. The topological polar surface area (TPSA) is 68.1 Å². The SMILES string of the molecule is NCC1CCCCC1COc1cc2ccccc2c(=O)[nH]1.